The average molecular weight is 369 g/mol. The van der Waals surface area contributed by atoms with E-state index < -0.39 is 0 Å². The van der Waals surface area contributed by atoms with E-state index in [1.165, 1.54) is 0 Å². The largest absolute Gasteiger partial charge is 0.356 e. The fourth-order valence-electron chi connectivity index (χ4n) is 2.34. The number of aryl methyl sites for hydroxylation is 1. The maximum Gasteiger partial charge on any atom is 0.191 e. The van der Waals surface area contributed by atoms with Crippen LogP contribution in [0.15, 0.2) is 29.5 Å². The molecule has 2 N–H and O–H groups in total. The summed E-state index contributed by atoms with van der Waals surface area (Å²) < 4.78 is 2.04. The van der Waals surface area contributed by atoms with Crippen LogP contribution in [-0.2, 0) is 19.4 Å². The van der Waals surface area contributed by atoms with E-state index in [0.717, 1.165) is 49.8 Å². The first-order chi connectivity index (χ1) is 11.6. The van der Waals surface area contributed by atoms with Gasteiger partial charge in [0, 0.05) is 43.1 Å². The molecule has 1 heterocycles. The van der Waals surface area contributed by atoms with Gasteiger partial charge in [-0.3, -0.25) is 4.99 Å². The lowest BCUT2D eigenvalue weighted by Gasteiger charge is -2.13. The van der Waals surface area contributed by atoms with Gasteiger partial charge < -0.3 is 15.2 Å². The van der Waals surface area contributed by atoms with Gasteiger partial charge in [0.2, 0.25) is 0 Å². The van der Waals surface area contributed by atoms with E-state index in [9.17, 15) is 0 Å². The van der Waals surface area contributed by atoms with Crippen molar-refractivity contribution in [3.8, 4) is 0 Å². The van der Waals surface area contributed by atoms with Gasteiger partial charge in [-0.25, -0.2) is 0 Å². The number of halogens is 2. The number of aromatic nitrogens is 3. The number of rotatable bonds is 7. The number of nitrogens with zero attached hydrogens (tertiary/aromatic N) is 4. The number of nitrogens with one attached hydrogen (secondary N) is 2. The highest BCUT2D eigenvalue weighted by atomic mass is 35.5. The Hall–Kier alpha value is -1.79. The van der Waals surface area contributed by atoms with E-state index in [1.54, 1.807) is 19.4 Å². The highest BCUT2D eigenvalue weighted by Gasteiger charge is 2.03. The highest BCUT2D eigenvalue weighted by molar-refractivity contribution is 6.34. The van der Waals surface area contributed by atoms with Gasteiger partial charge in [-0.05, 0) is 30.2 Å². The van der Waals surface area contributed by atoms with Crippen LogP contribution in [0.2, 0.25) is 10.0 Å². The molecule has 0 amide bonds. The molecule has 1 aromatic carbocycles. The Morgan fingerprint density at radius 1 is 1.17 bits per heavy atom. The van der Waals surface area contributed by atoms with Crippen molar-refractivity contribution in [1.82, 2.24) is 25.4 Å². The molecule has 0 spiro atoms. The van der Waals surface area contributed by atoms with Crippen LogP contribution in [0.4, 0.5) is 0 Å². The van der Waals surface area contributed by atoms with Crippen molar-refractivity contribution in [1.29, 1.82) is 0 Å². The molecular weight excluding hydrogens is 347 g/mol. The summed E-state index contributed by atoms with van der Waals surface area (Å²) in [6.07, 6.45) is 3.43. The van der Waals surface area contributed by atoms with Crippen molar-refractivity contribution in [3.63, 3.8) is 0 Å². The summed E-state index contributed by atoms with van der Waals surface area (Å²) in [5, 5.41) is 15.9. The second-order valence-corrected chi connectivity index (χ2v) is 6.12. The maximum absolute atomic E-state index is 6.01. The Labute approximate surface area is 152 Å². The van der Waals surface area contributed by atoms with Crippen molar-refractivity contribution in [2.45, 2.75) is 26.3 Å². The summed E-state index contributed by atoms with van der Waals surface area (Å²) in [6.45, 7) is 4.34. The molecule has 0 saturated carbocycles. The smallest absolute Gasteiger partial charge is 0.191 e. The van der Waals surface area contributed by atoms with E-state index in [1.807, 2.05) is 16.7 Å². The fourth-order valence-corrected chi connectivity index (χ4v) is 2.91. The average Bonchev–Trinajstić information content (AvgIpc) is 3.00. The van der Waals surface area contributed by atoms with Crippen LogP contribution in [0.1, 0.15) is 18.3 Å². The van der Waals surface area contributed by atoms with Crippen LogP contribution in [0.3, 0.4) is 0 Å². The molecule has 24 heavy (non-hydrogen) atoms. The van der Waals surface area contributed by atoms with E-state index in [0.29, 0.717) is 10.0 Å². The first kappa shape index (κ1) is 18.5. The van der Waals surface area contributed by atoms with Crippen molar-refractivity contribution in [3.05, 3.63) is 46.0 Å². The van der Waals surface area contributed by atoms with Gasteiger partial charge in [-0.15, -0.1) is 10.2 Å². The van der Waals surface area contributed by atoms with Crippen molar-refractivity contribution >= 4 is 29.2 Å². The van der Waals surface area contributed by atoms with E-state index >= 15 is 0 Å². The fraction of sp³-hybridized carbons (Fsp3) is 0.438. The summed E-state index contributed by atoms with van der Waals surface area (Å²) in [7, 11) is 1.75. The second kappa shape index (κ2) is 9.49. The van der Waals surface area contributed by atoms with E-state index in [2.05, 4.69) is 32.7 Å². The van der Waals surface area contributed by atoms with Gasteiger partial charge in [0.25, 0.3) is 0 Å². The minimum atomic E-state index is 0.653. The first-order valence-electron chi connectivity index (χ1n) is 7.88. The molecule has 0 fully saturated rings. The predicted molar refractivity (Wildman–Crippen MR) is 98.9 cm³/mol. The van der Waals surface area contributed by atoms with Gasteiger partial charge in [0.05, 0.1) is 0 Å². The Morgan fingerprint density at radius 2 is 1.88 bits per heavy atom. The van der Waals surface area contributed by atoms with Crippen LogP contribution in [-0.4, -0.2) is 40.9 Å². The maximum atomic E-state index is 6.01. The first-order valence-corrected chi connectivity index (χ1v) is 8.64. The molecule has 0 unspecified atom stereocenters. The zero-order valence-electron chi connectivity index (χ0n) is 13.9. The molecule has 0 saturated heterocycles. The van der Waals surface area contributed by atoms with Gasteiger partial charge in [-0.1, -0.05) is 30.1 Å². The normalized spacial score (nSPS) is 11.6. The molecule has 1 aromatic heterocycles. The van der Waals surface area contributed by atoms with Crippen LogP contribution >= 0.6 is 23.2 Å². The van der Waals surface area contributed by atoms with Crippen LogP contribution < -0.4 is 10.6 Å². The van der Waals surface area contributed by atoms with Crippen LogP contribution in [0, 0.1) is 0 Å². The second-order valence-electron chi connectivity index (χ2n) is 5.25. The third-order valence-electron chi connectivity index (χ3n) is 3.51. The minimum absolute atomic E-state index is 0.653. The lowest BCUT2D eigenvalue weighted by molar-refractivity contribution is 0.632. The predicted octanol–water partition coefficient (Wildman–Crippen LogP) is 2.56. The molecule has 0 atom stereocenters. The zero-order chi connectivity index (χ0) is 17.4. The van der Waals surface area contributed by atoms with Gasteiger partial charge in [0.1, 0.15) is 12.2 Å². The molecule has 2 aromatic rings. The molecule has 0 aliphatic carbocycles. The third kappa shape index (κ3) is 5.69. The zero-order valence-corrected chi connectivity index (χ0v) is 15.4. The molecule has 130 valence electrons. The standard InChI is InChI=1S/C16H22Cl2N6/c1-3-15-23-22-11-24(15)7-6-21-16(19-2)20-5-4-12-8-13(17)10-14(18)9-12/h8-11H,3-7H2,1-2H3,(H2,19,20,21). The number of hydrogen-bond donors (Lipinski definition) is 2. The number of aliphatic imine (C=N–C) groups is 1. The van der Waals surface area contributed by atoms with Crippen molar-refractivity contribution in [2.24, 2.45) is 4.99 Å². The SMILES string of the molecule is CCc1nncn1CCNC(=NC)NCCc1cc(Cl)cc(Cl)c1. The lowest BCUT2D eigenvalue weighted by Crippen LogP contribution is -2.39. The van der Waals surface area contributed by atoms with Gasteiger partial charge in [-0.2, -0.15) is 0 Å². The Bertz CT molecular complexity index is 663. The number of benzene rings is 1. The molecule has 0 aliphatic rings. The molecule has 0 bridgehead atoms. The number of guanidine groups is 1. The van der Waals surface area contributed by atoms with Crippen molar-refractivity contribution in [2.75, 3.05) is 20.1 Å². The Morgan fingerprint density at radius 3 is 2.54 bits per heavy atom. The monoisotopic (exact) mass is 368 g/mol. The van der Waals surface area contributed by atoms with Crippen molar-refractivity contribution < 1.29 is 0 Å². The van der Waals surface area contributed by atoms with Crippen LogP contribution in [0.25, 0.3) is 0 Å². The third-order valence-corrected chi connectivity index (χ3v) is 3.95. The van der Waals surface area contributed by atoms with Gasteiger partial charge >= 0.3 is 0 Å². The Balaban J connectivity index is 1.74. The number of hydrogen-bond acceptors (Lipinski definition) is 3. The van der Waals surface area contributed by atoms with Crippen LogP contribution in [0.5, 0.6) is 0 Å². The Kier molecular flexibility index (Phi) is 7.34. The highest BCUT2D eigenvalue weighted by Crippen LogP contribution is 2.19. The van der Waals surface area contributed by atoms with E-state index in [-0.39, 0.29) is 0 Å². The molecule has 0 radical (unpaired) electrons. The molecule has 2 rings (SSSR count). The summed E-state index contributed by atoms with van der Waals surface area (Å²) in [4.78, 5) is 4.22. The molecule has 0 aliphatic heterocycles. The summed E-state index contributed by atoms with van der Waals surface area (Å²) in [5.41, 5.74) is 1.09. The molecule has 6 nitrogen and oxygen atoms in total. The molecular formula is C16H22Cl2N6. The quantitative estimate of drug-likeness (QED) is 0.582. The molecule has 8 heteroatoms. The summed E-state index contributed by atoms with van der Waals surface area (Å²) >= 11 is 12.0. The van der Waals surface area contributed by atoms with E-state index in [4.69, 9.17) is 23.2 Å². The van der Waals surface area contributed by atoms with Gasteiger partial charge in [0.15, 0.2) is 5.96 Å². The summed E-state index contributed by atoms with van der Waals surface area (Å²) in [6, 6.07) is 5.57. The lowest BCUT2D eigenvalue weighted by atomic mass is 10.1. The minimum Gasteiger partial charge on any atom is -0.356 e. The topological polar surface area (TPSA) is 67.1 Å². The summed E-state index contributed by atoms with van der Waals surface area (Å²) in [5.74, 6) is 1.74.